The van der Waals surface area contributed by atoms with E-state index in [1.807, 2.05) is 0 Å². The number of rotatable bonds is 0. The van der Waals surface area contributed by atoms with Crippen molar-refractivity contribution in [1.82, 2.24) is 0 Å². The Kier molecular flexibility index (Phi) is 2.24. The van der Waals surface area contributed by atoms with Crippen LogP contribution in [-0.2, 0) is 0 Å². The Morgan fingerprint density at radius 3 is 1.60 bits per heavy atom. The van der Waals surface area contributed by atoms with E-state index < -0.39 is 2.82 Å². The maximum absolute atomic E-state index is 11.3. The smallest absolute Gasteiger partial charge is 0.205 e. The van der Waals surface area contributed by atoms with Crippen LogP contribution in [0, 0.1) is 0 Å². The van der Waals surface area contributed by atoms with Gasteiger partial charge in [-0.2, -0.15) is 0 Å². The van der Waals surface area contributed by atoms with Gasteiger partial charge in [-0.25, -0.2) is 4.39 Å². The Labute approximate surface area is 51.8 Å². The van der Waals surface area contributed by atoms with E-state index in [1.165, 1.54) is 0 Å². The average molecular weight is 223 g/mol. The zero-order valence-corrected chi connectivity index (χ0v) is 6.03. The summed E-state index contributed by atoms with van der Waals surface area (Å²) in [7, 11) is 0. The van der Waals surface area contributed by atoms with Crippen molar-refractivity contribution in [2.24, 2.45) is 0 Å². The molecule has 0 amide bonds. The van der Waals surface area contributed by atoms with Crippen molar-refractivity contribution >= 4 is 44.5 Å². The zero-order chi connectivity index (χ0) is 4.50. The highest BCUT2D eigenvalue weighted by atomic mass is 79.9. The van der Waals surface area contributed by atoms with Crippen molar-refractivity contribution < 1.29 is 4.39 Å². The lowest BCUT2D eigenvalue weighted by Crippen LogP contribution is -1.81. The molecule has 0 heterocycles. The minimum Gasteiger partial charge on any atom is -0.205 e. The van der Waals surface area contributed by atoms with Crippen molar-refractivity contribution in [3.8, 4) is 0 Å². The lowest BCUT2D eigenvalue weighted by molar-refractivity contribution is 0.552. The van der Waals surface area contributed by atoms with Gasteiger partial charge in [0, 0.05) is 0 Å². The van der Waals surface area contributed by atoms with Gasteiger partial charge in [0.15, 0.2) is 0 Å². The molecule has 0 aliphatic rings. The molecule has 0 aromatic heterocycles. The molecule has 0 rings (SSSR count). The fraction of sp³-hybridized carbons (Fsp3) is 1.00. The number of halogens is 3. The number of hydrogen-bond acceptors (Lipinski definition) is 0. The molecule has 0 aromatic carbocycles. The standard InChI is InChI=1S/CBr2FS/c2-1(3,4)5. The van der Waals surface area contributed by atoms with Gasteiger partial charge < -0.3 is 0 Å². The third kappa shape index (κ3) is 35.8. The Bertz CT molecular complexity index is 25.1. The minimum absolute atomic E-state index is 1.79. The van der Waals surface area contributed by atoms with Crippen LogP contribution in [0.5, 0.6) is 0 Å². The molecule has 31 valence electrons. The van der Waals surface area contributed by atoms with Crippen LogP contribution in [0.15, 0.2) is 0 Å². The first-order valence-corrected chi connectivity index (χ1v) is 2.77. The van der Waals surface area contributed by atoms with E-state index in [0.29, 0.717) is 0 Å². The van der Waals surface area contributed by atoms with E-state index in [0.717, 1.165) is 0 Å². The van der Waals surface area contributed by atoms with Gasteiger partial charge in [0.1, 0.15) is 0 Å². The molecule has 5 heavy (non-hydrogen) atoms. The van der Waals surface area contributed by atoms with Gasteiger partial charge in [-0.3, -0.25) is 0 Å². The van der Waals surface area contributed by atoms with Crippen molar-refractivity contribution in [1.29, 1.82) is 0 Å². The summed E-state index contributed by atoms with van der Waals surface area (Å²) in [6.45, 7) is 0. The lowest BCUT2D eigenvalue weighted by Gasteiger charge is -1.90. The SMILES string of the molecule is FC([S])(Br)Br. The second-order valence-corrected chi connectivity index (χ2v) is 5.31. The molecule has 1 radical (unpaired) electrons. The maximum Gasteiger partial charge on any atom is 0.274 e. The largest absolute Gasteiger partial charge is 0.274 e. The molecule has 0 saturated carbocycles. The van der Waals surface area contributed by atoms with Crippen molar-refractivity contribution in [2.45, 2.75) is 2.82 Å². The average Bonchev–Trinajstić information content (AvgIpc) is 0.722. The Balaban J connectivity index is 3.02. The lowest BCUT2D eigenvalue weighted by atomic mass is 11.8. The second-order valence-electron chi connectivity index (χ2n) is 0.446. The van der Waals surface area contributed by atoms with E-state index in [-0.39, 0.29) is 0 Å². The fourth-order valence-corrected chi connectivity index (χ4v) is 0. The predicted octanol–water partition coefficient (Wildman–Crippen LogP) is 2.55. The van der Waals surface area contributed by atoms with Crippen LogP contribution in [0.1, 0.15) is 0 Å². The summed E-state index contributed by atoms with van der Waals surface area (Å²) >= 11 is 8.87. The van der Waals surface area contributed by atoms with E-state index in [9.17, 15) is 4.39 Å². The van der Waals surface area contributed by atoms with E-state index in [1.54, 1.807) is 0 Å². The van der Waals surface area contributed by atoms with Crippen LogP contribution in [0.25, 0.3) is 0 Å². The second kappa shape index (κ2) is 1.80. The third-order valence-corrected chi connectivity index (χ3v) is 0. The Morgan fingerprint density at radius 1 is 1.60 bits per heavy atom. The first-order chi connectivity index (χ1) is 2.00. The van der Waals surface area contributed by atoms with Gasteiger partial charge in [0.2, 0.25) is 0 Å². The summed E-state index contributed by atoms with van der Waals surface area (Å²) in [6, 6.07) is 0. The highest BCUT2D eigenvalue weighted by molar-refractivity contribution is 9.27. The van der Waals surface area contributed by atoms with Crippen molar-refractivity contribution in [3.63, 3.8) is 0 Å². The topological polar surface area (TPSA) is 0 Å². The molecule has 0 spiro atoms. The molecule has 0 aromatic rings. The minimum atomic E-state index is -1.79. The molecule has 0 fully saturated rings. The molecule has 0 aliphatic carbocycles. The first kappa shape index (κ1) is 6.24. The van der Waals surface area contributed by atoms with Gasteiger partial charge in [0.05, 0.1) is 0 Å². The molecule has 0 unspecified atom stereocenters. The van der Waals surface area contributed by atoms with E-state index in [4.69, 9.17) is 0 Å². The third-order valence-electron chi connectivity index (χ3n) is 0. The number of hydrogen-bond donors (Lipinski definition) is 0. The molecular formula is CBr2FS. The zero-order valence-electron chi connectivity index (χ0n) is 2.04. The van der Waals surface area contributed by atoms with Crippen molar-refractivity contribution in [3.05, 3.63) is 0 Å². The maximum atomic E-state index is 11.3. The Morgan fingerprint density at radius 2 is 1.60 bits per heavy atom. The quantitative estimate of drug-likeness (QED) is 0.553. The predicted molar refractivity (Wildman–Crippen MR) is 29.3 cm³/mol. The molecule has 0 aliphatic heterocycles. The van der Waals surface area contributed by atoms with Crippen LogP contribution in [0.2, 0.25) is 0 Å². The molecule has 0 N–H and O–H groups in total. The van der Waals surface area contributed by atoms with Crippen LogP contribution < -0.4 is 0 Å². The van der Waals surface area contributed by atoms with Crippen LogP contribution in [0.4, 0.5) is 4.39 Å². The molecule has 4 heteroatoms. The van der Waals surface area contributed by atoms with E-state index >= 15 is 0 Å². The van der Waals surface area contributed by atoms with E-state index in [2.05, 4.69) is 44.5 Å². The molecule has 0 atom stereocenters. The summed E-state index contributed by atoms with van der Waals surface area (Å²) in [6.07, 6.45) is 0. The number of alkyl halides is 3. The summed E-state index contributed by atoms with van der Waals surface area (Å²) < 4.78 is 9.54. The van der Waals surface area contributed by atoms with Crippen LogP contribution in [0.3, 0.4) is 0 Å². The van der Waals surface area contributed by atoms with Gasteiger partial charge in [-0.15, -0.1) is 0 Å². The molecular weight excluding hydrogens is 223 g/mol. The highest BCUT2D eigenvalue weighted by Crippen LogP contribution is 2.30. The first-order valence-electron chi connectivity index (χ1n) is 0.771. The van der Waals surface area contributed by atoms with Gasteiger partial charge in [-0.05, 0) is 44.5 Å². The fourth-order valence-electron chi connectivity index (χ4n) is 0. The van der Waals surface area contributed by atoms with Gasteiger partial charge >= 0.3 is 0 Å². The summed E-state index contributed by atoms with van der Waals surface area (Å²) in [4.78, 5) is 0. The van der Waals surface area contributed by atoms with Crippen molar-refractivity contribution in [2.75, 3.05) is 0 Å². The summed E-state index contributed by atoms with van der Waals surface area (Å²) in [5.41, 5.74) is 0. The highest BCUT2D eigenvalue weighted by Gasteiger charge is 2.11. The molecule has 0 nitrogen and oxygen atoms in total. The van der Waals surface area contributed by atoms with Gasteiger partial charge in [-0.1, -0.05) is 0 Å². The molecule has 0 saturated heterocycles. The monoisotopic (exact) mass is 221 g/mol. The summed E-state index contributed by atoms with van der Waals surface area (Å²) in [5, 5.41) is 0. The normalized spacial score (nSPS) is 12.0. The summed E-state index contributed by atoms with van der Waals surface area (Å²) in [5.74, 6) is 0. The van der Waals surface area contributed by atoms with Crippen LogP contribution >= 0.6 is 44.5 Å². The van der Waals surface area contributed by atoms with Gasteiger partial charge in [0.25, 0.3) is 2.82 Å². The Hall–Kier alpha value is 1.24. The van der Waals surface area contributed by atoms with Crippen LogP contribution in [-0.4, -0.2) is 2.82 Å². The molecule has 0 bridgehead atoms.